The van der Waals surface area contributed by atoms with Gasteiger partial charge in [0.2, 0.25) is 11.7 Å². The van der Waals surface area contributed by atoms with E-state index < -0.39 is 0 Å². The number of fused-ring (bicyclic) bond motifs is 1. The molecule has 2 aromatic carbocycles. The van der Waals surface area contributed by atoms with E-state index in [9.17, 15) is 10.1 Å². The quantitative estimate of drug-likeness (QED) is 0.687. The molecule has 1 heterocycles. The first-order chi connectivity index (χ1) is 14.5. The number of nitrogens with one attached hydrogen (secondary N) is 1. The van der Waals surface area contributed by atoms with Crippen molar-refractivity contribution in [3.63, 3.8) is 0 Å². The van der Waals surface area contributed by atoms with E-state index in [2.05, 4.69) is 21.5 Å². The lowest BCUT2D eigenvalue weighted by Gasteiger charge is -2.12. The van der Waals surface area contributed by atoms with Crippen LogP contribution in [0.25, 0.3) is 22.8 Å². The van der Waals surface area contributed by atoms with Gasteiger partial charge < -0.3 is 14.6 Å². The van der Waals surface area contributed by atoms with Gasteiger partial charge in [-0.2, -0.15) is 10.2 Å². The molecule has 3 aromatic rings. The van der Waals surface area contributed by atoms with Crippen LogP contribution in [0.2, 0.25) is 0 Å². The lowest BCUT2D eigenvalue weighted by molar-refractivity contribution is -0.119. The van der Waals surface area contributed by atoms with E-state index in [1.807, 2.05) is 32.0 Å². The van der Waals surface area contributed by atoms with Crippen molar-refractivity contribution in [2.75, 3.05) is 0 Å². The molecule has 1 aliphatic carbocycles. The molecule has 0 saturated heterocycles. The Balaban J connectivity index is 1.66. The minimum absolute atomic E-state index is 0.00973. The van der Waals surface area contributed by atoms with Crippen molar-refractivity contribution in [2.45, 2.75) is 45.8 Å². The Morgan fingerprint density at radius 3 is 2.90 bits per heavy atom. The second kappa shape index (κ2) is 7.99. The van der Waals surface area contributed by atoms with Crippen molar-refractivity contribution in [1.29, 1.82) is 5.26 Å². The molecule has 152 valence electrons. The van der Waals surface area contributed by atoms with Crippen LogP contribution in [0.3, 0.4) is 0 Å². The van der Waals surface area contributed by atoms with Crippen molar-refractivity contribution in [3.8, 4) is 34.7 Å². The SMILES string of the molecule is CC(=O)NC1CCc2c(-c3noc(-c4ccc(OC(C)C)c(C#N)c4)n3)cccc21. The van der Waals surface area contributed by atoms with Crippen LogP contribution in [0.15, 0.2) is 40.9 Å². The van der Waals surface area contributed by atoms with Gasteiger partial charge >= 0.3 is 0 Å². The van der Waals surface area contributed by atoms with Crippen molar-refractivity contribution in [2.24, 2.45) is 0 Å². The number of benzene rings is 2. The summed E-state index contributed by atoms with van der Waals surface area (Å²) in [5.74, 6) is 1.32. The Labute approximate surface area is 174 Å². The lowest BCUT2D eigenvalue weighted by atomic mass is 10.0. The zero-order valence-corrected chi connectivity index (χ0v) is 17.1. The number of amides is 1. The maximum absolute atomic E-state index is 11.5. The first kappa shape index (κ1) is 19.6. The van der Waals surface area contributed by atoms with Crippen LogP contribution in [-0.4, -0.2) is 22.2 Å². The molecule has 0 saturated carbocycles. The highest BCUT2D eigenvalue weighted by Crippen LogP contribution is 2.37. The maximum atomic E-state index is 11.5. The summed E-state index contributed by atoms with van der Waals surface area (Å²) in [6, 6.07) is 13.3. The van der Waals surface area contributed by atoms with E-state index in [4.69, 9.17) is 9.26 Å². The summed E-state index contributed by atoms with van der Waals surface area (Å²) in [7, 11) is 0. The minimum Gasteiger partial charge on any atom is -0.490 e. The van der Waals surface area contributed by atoms with E-state index >= 15 is 0 Å². The largest absolute Gasteiger partial charge is 0.490 e. The molecule has 1 amide bonds. The Morgan fingerprint density at radius 1 is 1.33 bits per heavy atom. The number of carbonyl (C=O) groups is 1. The highest BCUT2D eigenvalue weighted by atomic mass is 16.5. The Kier molecular flexibility index (Phi) is 5.23. The summed E-state index contributed by atoms with van der Waals surface area (Å²) in [5, 5.41) is 16.6. The monoisotopic (exact) mass is 402 g/mol. The topological polar surface area (TPSA) is 101 Å². The van der Waals surface area contributed by atoms with Crippen molar-refractivity contribution >= 4 is 5.91 Å². The van der Waals surface area contributed by atoms with Crippen LogP contribution >= 0.6 is 0 Å². The molecule has 1 unspecified atom stereocenters. The van der Waals surface area contributed by atoms with Crippen LogP contribution in [0.1, 0.15) is 49.9 Å². The fourth-order valence-corrected chi connectivity index (χ4v) is 3.82. The van der Waals surface area contributed by atoms with Gasteiger partial charge in [-0.1, -0.05) is 23.4 Å². The summed E-state index contributed by atoms with van der Waals surface area (Å²) in [6.45, 7) is 5.35. The summed E-state index contributed by atoms with van der Waals surface area (Å²) < 4.78 is 11.2. The second-order valence-corrected chi connectivity index (χ2v) is 7.58. The van der Waals surface area contributed by atoms with Gasteiger partial charge in [0.1, 0.15) is 11.8 Å². The predicted molar refractivity (Wildman–Crippen MR) is 111 cm³/mol. The van der Waals surface area contributed by atoms with Crippen molar-refractivity contribution in [3.05, 3.63) is 53.1 Å². The number of nitriles is 1. The normalized spacial score (nSPS) is 15.0. The number of hydrogen-bond acceptors (Lipinski definition) is 6. The molecule has 1 N–H and O–H groups in total. The second-order valence-electron chi connectivity index (χ2n) is 7.58. The van der Waals surface area contributed by atoms with Gasteiger partial charge in [0.15, 0.2) is 0 Å². The summed E-state index contributed by atoms with van der Waals surface area (Å²) in [4.78, 5) is 16.0. The molecule has 0 spiro atoms. The summed E-state index contributed by atoms with van der Waals surface area (Å²) >= 11 is 0. The highest BCUT2D eigenvalue weighted by molar-refractivity contribution is 5.74. The number of hydrogen-bond donors (Lipinski definition) is 1. The molecule has 4 rings (SSSR count). The van der Waals surface area contributed by atoms with E-state index in [-0.39, 0.29) is 18.1 Å². The summed E-state index contributed by atoms with van der Waals surface area (Å²) in [5.41, 5.74) is 4.19. The first-order valence-electron chi connectivity index (χ1n) is 9.90. The molecule has 7 nitrogen and oxygen atoms in total. The molecule has 1 aliphatic rings. The van der Waals surface area contributed by atoms with Gasteiger partial charge in [0, 0.05) is 18.1 Å². The lowest BCUT2D eigenvalue weighted by Crippen LogP contribution is -2.24. The molecular weight excluding hydrogens is 380 g/mol. The fourth-order valence-electron chi connectivity index (χ4n) is 3.82. The number of rotatable bonds is 5. The highest BCUT2D eigenvalue weighted by Gasteiger charge is 2.27. The van der Waals surface area contributed by atoms with E-state index in [0.29, 0.717) is 28.6 Å². The molecule has 0 radical (unpaired) electrons. The number of nitrogens with zero attached hydrogens (tertiary/aromatic N) is 3. The standard InChI is InChI=1S/C23H22N4O3/c1-13(2)29-21-10-7-15(11-16(21)12-24)23-26-22(27-30-23)19-6-4-5-18-17(19)8-9-20(18)25-14(3)28/h4-7,10-11,13,20H,8-9H2,1-3H3,(H,25,28). The Hall–Kier alpha value is -3.66. The van der Waals surface area contributed by atoms with Gasteiger partial charge in [0.05, 0.1) is 17.7 Å². The molecule has 1 aromatic heterocycles. The third-order valence-electron chi connectivity index (χ3n) is 5.02. The number of carbonyl (C=O) groups excluding carboxylic acids is 1. The summed E-state index contributed by atoms with van der Waals surface area (Å²) in [6.07, 6.45) is 1.65. The van der Waals surface area contributed by atoms with Gasteiger partial charge in [-0.25, -0.2) is 0 Å². The van der Waals surface area contributed by atoms with Crippen LogP contribution in [0.5, 0.6) is 5.75 Å². The zero-order valence-electron chi connectivity index (χ0n) is 17.1. The third-order valence-corrected chi connectivity index (χ3v) is 5.02. The van der Waals surface area contributed by atoms with Gasteiger partial charge in [-0.3, -0.25) is 4.79 Å². The first-order valence-corrected chi connectivity index (χ1v) is 9.90. The van der Waals surface area contributed by atoms with Crippen LogP contribution in [0.4, 0.5) is 0 Å². The molecular formula is C23H22N4O3. The average molecular weight is 402 g/mol. The van der Waals surface area contributed by atoms with E-state index in [1.54, 1.807) is 18.2 Å². The molecule has 1 atom stereocenters. The van der Waals surface area contributed by atoms with E-state index in [1.165, 1.54) is 6.92 Å². The number of aromatic nitrogens is 2. The van der Waals surface area contributed by atoms with Gasteiger partial charge in [-0.15, -0.1) is 0 Å². The van der Waals surface area contributed by atoms with Gasteiger partial charge in [-0.05, 0) is 56.0 Å². The molecule has 0 fully saturated rings. The smallest absolute Gasteiger partial charge is 0.258 e. The van der Waals surface area contributed by atoms with Crippen molar-refractivity contribution < 1.29 is 14.1 Å². The van der Waals surface area contributed by atoms with Gasteiger partial charge in [0.25, 0.3) is 5.89 Å². The molecule has 7 heteroatoms. The van der Waals surface area contributed by atoms with Crippen LogP contribution in [-0.2, 0) is 11.2 Å². The average Bonchev–Trinajstić information content (AvgIpc) is 3.35. The molecule has 0 aliphatic heterocycles. The van der Waals surface area contributed by atoms with Crippen molar-refractivity contribution in [1.82, 2.24) is 15.5 Å². The predicted octanol–water partition coefficient (Wildman–Crippen LogP) is 4.19. The third kappa shape index (κ3) is 3.77. The molecule has 0 bridgehead atoms. The Morgan fingerprint density at radius 2 is 2.17 bits per heavy atom. The minimum atomic E-state index is -0.0432. The zero-order chi connectivity index (χ0) is 21.3. The van der Waals surface area contributed by atoms with Crippen LogP contribution in [0, 0.1) is 11.3 Å². The number of ether oxygens (including phenoxy) is 1. The fraction of sp³-hybridized carbons (Fsp3) is 0.304. The molecule has 30 heavy (non-hydrogen) atoms. The van der Waals surface area contributed by atoms with E-state index in [0.717, 1.165) is 29.5 Å². The van der Waals surface area contributed by atoms with Crippen LogP contribution < -0.4 is 10.1 Å². The Bertz CT molecular complexity index is 1140. The maximum Gasteiger partial charge on any atom is 0.258 e.